The van der Waals surface area contributed by atoms with Crippen LogP contribution in [-0.4, -0.2) is 54.8 Å². The van der Waals surface area contributed by atoms with E-state index in [2.05, 4.69) is 21.0 Å². The second kappa shape index (κ2) is 10.7. The molecule has 204 valence electrons. The van der Waals surface area contributed by atoms with Crippen molar-refractivity contribution in [3.05, 3.63) is 35.2 Å². The number of thiophene rings is 1. The number of carbonyl (C=O) groups is 2. The van der Waals surface area contributed by atoms with E-state index in [9.17, 15) is 14.7 Å². The van der Waals surface area contributed by atoms with Crippen molar-refractivity contribution >= 4 is 60.6 Å². The van der Waals surface area contributed by atoms with E-state index < -0.39 is 23.4 Å². The van der Waals surface area contributed by atoms with Crippen molar-refractivity contribution in [2.24, 2.45) is 0 Å². The molecular formula is C27H32BrN3O6S. The van der Waals surface area contributed by atoms with E-state index in [1.807, 2.05) is 24.3 Å². The number of rotatable bonds is 6. The van der Waals surface area contributed by atoms with Gasteiger partial charge < -0.3 is 19.3 Å². The molecule has 0 unspecified atom stereocenters. The largest absolute Gasteiger partial charge is 0.491 e. The number of nitrogens with zero attached hydrogens (tertiary/aromatic N) is 3. The molecule has 0 saturated carbocycles. The summed E-state index contributed by atoms with van der Waals surface area (Å²) in [6.07, 6.45) is -0.531. The fraction of sp³-hybridized carbons (Fsp3) is 0.444. The highest BCUT2D eigenvalue weighted by atomic mass is 79.9. The molecule has 0 aliphatic rings. The Labute approximate surface area is 233 Å². The van der Waals surface area contributed by atoms with Crippen molar-refractivity contribution in [2.45, 2.75) is 65.8 Å². The van der Waals surface area contributed by atoms with Crippen molar-refractivity contribution < 1.29 is 28.9 Å². The fourth-order valence-electron chi connectivity index (χ4n) is 3.93. The molecule has 3 aromatic heterocycles. The Bertz CT molecular complexity index is 1490. The van der Waals surface area contributed by atoms with Crippen molar-refractivity contribution in [1.82, 2.24) is 14.3 Å². The summed E-state index contributed by atoms with van der Waals surface area (Å²) >= 11 is 4.72. The predicted molar refractivity (Wildman–Crippen MR) is 152 cm³/mol. The van der Waals surface area contributed by atoms with Gasteiger partial charge in [0.25, 0.3) is 0 Å². The van der Waals surface area contributed by atoms with Gasteiger partial charge in [-0.05, 0) is 66.2 Å². The molecular weight excluding hydrogens is 574 g/mol. The SMILES string of the molecule is CC(C)(C)OC(=O)n1nc(-c2c(OCCCBr)c3ccccc3n2C(=O)OC(C)(C)C)c2sc(CO)cc21. The van der Waals surface area contributed by atoms with Gasteiger partial charge in [-0.15, -0.1) is 11.3 Å². The molecule has 0 atom stereocenters. The number of fused-ring (bicyclic) bond motifs is 2. The van der Waals surface area contributed by atoms with Crippen molar-refractivity contribution in [3.63, 3.8) is 0 Å². The average molecular weight is 607 g/mol. The summed E-state index contributed by atoms with van der Waals surface area (Å²) in [4.78, 5) is 27.5. The number of aromatic nitrogens is 3. The van der Waals surface area contributed by atoms with Gasteiger partial charge >= 0.3 is 12.2 Å². The van der Waals surface area contributed by atoms with Gasteiger partial charge in [-0.1, -0.05) is 28.1 Å². The molecule has 4 aromatic rings. The van der Waals surface area contributed by atoms with Crippen molar-refractivity contribution in [1.29, 1.82) is 0 Å². The fourth-order valence-corrected chi connectivity index (χ4v) is 5.14. The minimum atomic E-state index is -0.755. The van der Waals surface area contributed by atoms with E-state index in [1.54, 1.807) is 47.6 Å². The lowest BCUT2D eigenvalue weighted by Gasteiger charge is -2.21. The Balaban J connectivity index is 2.05. The molecule has 0 aliphatic carbocycles. The van der Waals surface area contributed by atoms with Crippen LogP contribution in [0.25, 0.3) is 32.5 Å². The second-order valence-electron chi connectivity index (χ2n) is 10.7. The molecule has 0 spiro atoms. The smallest absolute Gasteiger partial charge is 0.435 e. The Hall–Kier alpha value is -2.89. The number of alkyl halides is 1. The van der Waals surface area contributed by atoms with E-state index >= 15 is 0 Å². The molecule has 1 aromatic carbocycles. The zero-order chi connectivity index (χ0) is 27.8. The van der Waals surface area contributed by atoms with Crippen LogP contribution in [0, 0.1) is 0 Å². The Morgan fingerprint density at radius 1 is 1.03 bits per heavy atom. The third kappa shape index (κ3) is 5.74. The summed E-state index contributed by atoms with van der Waals surface area (Å²) in [7, 11) is 0. The quantitative estimate of drug-likeness (QED) is 0.187. The first-order valence-corrected chi connectivity index (χ1v) is 14.2. The number of ether oxygens (including phenoxy) is 3. The highest BCUT2D eigenvalue weighted by Crippen LogP contribution is 2.44. The van der Waals surface area contributed by atoms with Gasteiger partial charge in [0.1, 0.15) is 22.6 Å². The topological polar surface area (TPSA) is 105 Å². The highest BCUT2D eigenvalue weighted by Gasteiger charge is 2.32. The van der Waals surface area contributed by atoms with Crippen LogP contribution in [-0.2, 0) is 16.1 Å². The summed E-state index contributed by atoms with van der Waals surface area (Å²) in [6.45, 7) is 10.9. The maximum atomic E-state index is 13.7. The number of halogens is 1. The third-order valence-electron chi connectivity index (χ3n) is 5.28. The second-order valence-corrected chi connectivity index (χ2v) is 12.7. The number of aliphatic hydroxyl groups excluding tert-OH is 1. The number of hydrogen-bond acceptors (Lipinski definition) is 8. The number of benzene rings is 1. The lowest BCUT2D eigenvalue weighted by atomic mass is 10.2. The Kier molecular flexibility index (Phi) is 7.92. The first-order valence-electron chi connectivity index (χ1n) is 12.3. The third-order valence-corrected chi connectivity index (χ3v) is 6.96. The van der Waals surface area contributed by atoms with Gasteiger partial charge in [0.15, 0.2) is 5.75 Å². The van der Waals surface area contributed by atoms with E-state index in [0.717, 1.165) is 11.8 Å². The number of para-hydroxylation sites is 1. The van der Waals surface area contributed by atoms with Gasteiger partial charge in [-0.2, -0.15) is 9.78 Å². The number of aliphatic hydroxyl groups is 1. The molecule has 0 fully saturated rings. The predicted octanol–water partition coefficient (Wildman–Crippen LogP) is 6.94. The van der Waals surface area contributed by atoms with Crippen LogP contribution in [0.1, 0.15) is 52.8 Å². The molecule has 9 nitrogen and oxygen atoms in total. The van der Waals surface area contributed by atoms with Crippen LogP contribution in [0.4, 0.5) is 9.59 Å². The zero-order valence-corrected chi connectivity index (χ0v) is 24.7. The molecule has 3 heterocycles. The zero-order valence-electron chi connectivity index (χ0n) is 22.3. The van der Waals surface area contributed by atoms with Gasteiger partial charge in [-0.3, -0.25) is 0 Å². The highest BCUT2D eigenvalue weighted by molar-refractivity contribution is 9.09. The summed E-state index contributed by atoms with van der Waals surface area (Å²) in [5.74, 6) is 0.460. The maximum Gasteiger partial charge on any atom is 0.435 e. The summed E-state index contributed by atoms with van der Waals surface area (Å²) in [6, 6.07) is 9.09. The van der Waals surface area contributed by atoms with Crippen LogP contribution in [0.2, 0.25) is 0 Å². The molecule has 0 aliphatic heterocycles. The molecule has 38 heavy (non-hydrogen) atoms. The van der Waals surface area contributed by atoms with Crippen molar-refractivity contribution in [2.75, 3.05) is 11.9 Å². The monoisotopic (exact) mass is 605 g/mol. The average Bonchev–Trinajstić information content (AvgIpc) is 3.47. The molecule has 4 rings (SSSR count). The van der Waals surface area contributed by atoms with Gasteiger partial charge in [-0.25, -0.2) is 14.2 Å². The lowest BCUT2D eigenvalue weighted by Crippen LogP contribution is -2.28. The molecule has 0 saturated heterocycles. The maximum absolute atomic E-state index is 13.7. The molecule has 0 radical (unpaired) electrons. The lowest BCUT2D eigenvalue weighted by molar-refractivity contribution is 0.0520. The molecule has 11 heteroatoms. The van der Waals surface area contributed by atoms with Crippen molar-refractivity contribution in [3.8, 4) is 17.1 Å². The normalized spacial score (nSPS) is 12.3. The minimum Gasteiger partial charge on any atom is -0.491 e. The Morgan fingerprint density at radius 2 is 1.68 bits per heavy atom. The van der Waals surface area contributed by atoms with Crippen LogP contribution in [0.15, 0.2) is 30.3 Å². The van der Waals surface area contributed by atoms with E-state index in [4.69, 9.17) is 14.2 Å². The molecule has 1 N–H and O–H groups in total. The first-order chi connectivity index (χ1) is 17.8. The summed E-state index contributed by atoms with van der Waals surface area (Å²) in [5.41, 5.74) is 0.274. The molecule has 0 bridgehead atoms. The van der Waals surface area contributed by atoms with E-state index in [1.165, 1.54) is 20.6 Å². The van der Waals surface area contributed by atoms with Gasteiger partial charge in [0.2, 0.25) is 0 Å². The van der Waals surface area contributed by atoms with Crippen LogP contribution in [0.3, 0.4) is 0 Å². The minimum absolute atomic E-state index is 0.212. The standard InChI is InChI=1S/C27H32BrN3O6S/c1-26(2,3)36-24(33)30-18-11-8-7-10-17(18)22(35-13-9-12-28)21(30)20-23-19(14-16(15-32)38-23)31(29-20)25(34)37-27(4,5)6/h7-8,10-11,14,32H,9,12-13,15H2,1-6H3. The van der Waals surface area contributed by atoms with Crippen LogP contribution >= 0.6 is 27.3 Å². The van der Waals surface area contributed by atoms with E-state index in [0.29, 0.717) is 49.7 Å². The number of carbonyl (C=O) groups excluding carboxylic acids is 2. The van der Waals surface area contributed by atoms with E-state index in [-0.39, 0.29) is 6.61 Å². The van der Waals surface area contributed by atoms with Gasteiger partial charge in [0, 0.05) is 15.6 Å². The van der Waals surface area contributed by atoms with Crippen LogP contribution in [0.5, 0.6) is 5.75 Å². The van der Waals surface area contributed by atoms with Crippen LogP contribution < -0.4 is 4.74 Å². The first kappa shape index (κ1) is 28.1. The Morgan fingerprint density at radius 3 is 2.32 bits per heavy atom. The number of hydrogen-bond donors (Lipinski definition) is 1. The van der Waals surface area contributed by atoms with Gasteiger partial charge in [0.05, 0.1) is 28.9 Å². The summed E-state index contributed by atoms with van der Waals surface area (Å²) < 4.78 is 20.9. The summed E-state index contributed by atoms with van der Waals surface area (Å²) in [5, 5.41) is 16.0. The molecule has 0 amide bonds.